The van der Waals surface area contributed by atoms with Gasteiger partial charge in [-0.25, -0.2) is 0 Å². The van der Waals surface area contributed by atoms with Gasteiger partial charge in [-0.05, 0) is 48.7 Å². The first-order valence-corrected chi connectivity index (χ1v) is 12.4. The van der Waals surface area contributed by atoms with Crippen LogP contribution in [0.5, 0.6) is 23.0 Å². The molecule has 0 saturated carbocycles. The average Bonchev–Trinajstić information content (AvgIpc) is 3.69. The van der Waals surface area contributed by atoms with Crippen molar-refractivity contribution in [1.82, 2.24) is 0 Å². The van der Waals surface area contributed by atoms with Crippen LogP contribution in [0.15, 0.2) is 36.4 Å². The number of esters is 1. The van der Waals surface area contributed by atoms with Crippen molar-refractivity contribution in [2.24, 2.45) is 5.92 Å². The van der Waals surface area contributed by atoms with Gasteiger partial charge in [-0.15, -0.1) is 12.8 Å². The summed E-state index contributed by atoms with van der Waals surface area (Å²) in [5.41, 5.74) is 2.26. The lowest BCUT2D eigenvalue weighted by Gasteiger charge is -2.13. The van der Waals surface area contributed by atoms with Crippen LogP contribution in [0.2, 0.25) is 0 Å². The lowest BCUT2D eigenvalue weighted by molar-refractivity contribution is -0.170. The molecular formula is C30H38O7. The Bertz CT molecular complexity index is 1050. The number of benzene rings is 2. The summed E-state index contributed by atoms with van der Waals surface area (Å²) in [6.07, 6.45) is 8.86. The molecule has 7 nitrogen and oxygen atoms in total. The van der Waals surface area contributed by atoms with Crippen LogP contribution in [0.3, 0.4) is 0 Å². The molecule has 7 heteroatoms. The number of hydrogen-bond donors (Lipinski definition) is 0. The number of terminal acetylenes is 1. The highest BCUT2D eigenvalue weighted by Crippen LogP contribution is 2.33. The summed E-state index contributed by atoms with van der Waals surface area (Å²) in [4.78, 5) is 11.0. The van der Waals surface area contributed by atoms with Crippen molar-refractivity contribution in [3.8, 4) is 47.7 Å². The van der Waals surface area contributed by atoms with Crippen molar-refractivity contribution < 1.29 is 33.2 Å². The van der Waals surface area contributed by atoms with Crippen LogP contribution in [0.1, 0.15) is 52.2 Å². The molecule has 0 spiro atoms. The minimum atomic E-state index is -0.535. The maximum Gasteiger partial charge on any atom is 0.304 e. The van der Waals surface area contributed by atoms with E-state index in [2.05, 4.69) is 24.7 Å². The molecule has 0 bridgehead atoms. The van der Waals surface area contributed by atoms with Gasteiger partial charge in [0.2, 0.25) is 19.9 Å². The highest BCUT2D eigenvalue weighted by atomic mass is 16.7. The van der Waals surface area contributed by atoms with E-state index in [0.29, 0.717) is 19.8 Å². The van der Waals surface area contributed by atoms with Gasteiger partial charge >= 0.3 is 5.97 Å². The molecule has 0 N–H and O–H groups in total. The molecule has 3 aliphatic rings. The number of rotatable bonds is 2. The lowest BCUT2D eigenvalue weighted by Crippen LogP contribution is -2.21. The van der Waals surface area contributed by atoms with Crippen molar-refractivity contribution in [2.45, 2.75) is 60.7 Å². The zero-order valence-corrected chi connectivity index (χ0v) is 22.7. The molecule has 200 valence electrons. The molecule has 37 heavy (non-hydrogen) atoms. The van der Waals surface area contributed by atoms with Gasteiger partial charge in [-0.1, -0.05) is 51.7 Å². The van der Waals surface area contributed by atoms with Gasteiger partial charge in [0.1, 0.15) is 0 Å². The molecule has 3 heterocycles. The summed E-state index contributed by atoms with van der Waals surface area (Å²) in [5, 5.41) is 0. The zero-order valence-electron chi connectivity index (χ0n) is 22.7. The number of aryl methyl sites for hydroxylation is 1. The fraction of sp³-hybridized carbons (Fsp3) is 0.433. The third-order valence-corrected chi connectivity index (χ3v) is 4.87. The van der Waals surface area contributed by atoms with Gasteiger partial charge in [0.05, 0.1) is 12.5 Å². The van der Waals surface area contributed by atoms with Gasteiger partial charge in [0, 0.05) is 13.3 Å². The van der Waals surface area contributed by atoms with E-state index in [1.54, 1.807) is 0 Å². The second-order valence-electron chi connectivity index (χ2n) is 7.29. The third-order valence-electron chi connectivity index (χ3n) is 4.87. The first-order chi connectivity index (χ1) is 18.1. The Labute approximate surface area is 221 Å². The molecule has 1 saturated heterocycles. The standard InChI is InChI=1S/C16H16O5.C8H8O2.2C2H6.C2H2/c1-11(17)21-16-13(7-8-18-16)4-2-3-12-5-6-14-15(9-12)20-10-19-14;1-6-2-3-7-8(4-6)10-5-9-7;3*1-2/h5-6,9,13,16H,3,7-8,10H2,1H3;2-4H,5H2,1H3;2*1-2H3;1-2H. The normalized spacial score (nSPS) is 16.9. The van der Waals surface area contributed by atoms with Crippen molar-refractivity contribution in [3.05, 3.63) is 47.5 Å². The monoisotopic (exact) mass is 510 g/mol. The molecule has 0 radical (unpaired) electrons. The van der Waals surface area contributed by atoms with Crippen LogP contribution in [-0.4, -0.2) is 32.5 Å². The van der Waals surface area contributed by atoms with Crippen LogP contribution in [0.4, 0.5) is 0 Å². The highest BCUT2D eigenvalue weighted by molar-refractivity contribution is 5.66. The van der Waals surface area contributed by atoms with Crippen molar-refractivity contribution in [3.63, 3.8) is 0 Å². The number of fused-ring (bicyclic) bond motifs is 2. The predicted molar refractivity (Wildman–Crippen MR) is 144 cm³/mol. The molecule has 2 atom stereocenters. The van der Waals surface area contributed by atoms with Gasteiger partial charge in [-0.2, -0.15) is 0 Å². The quantitative estimate of drug-likeness (QED) is 0.367. The molecule has 0 aliphatic carbocycles. The topological polar surface area (TPSA) is 72.5 Å². The van der Waals surface area contributed by atoms with Gasteiger partial charge < -0.3 is 28.4 Å². The number of carbonyl (C=O) groups is 1. The summed E-state index contributed by atoms with van der Waals surface area (Å²) in [5.74, 6) is 9.10. The summed E-state index contributed by atoms with van der Waals surface area (Å²) < 4.78 is 31.3. The van der Waals surface area contributed by atoms with E-state index in [0.717, 1.165) is 35.0 Å². The Morgan fingerprint density at radius 2 is 1.49 bits per heavy atom. The van der Waals surface area contributed by atoms with E-state index < -0.39 is 6.29 Å². The molecule has 0 aromatic heterocycles. The molecule has 0 amide bonds. The summed E-state index contributed by atoms with van der Waals surface area (Å²) in [6, 6.07) is 11.7. The van der Waals surface area contributed by atoms with E-state index in [4.69, 9.17) is 28.4 Å². The van der Waals surface area contributed by atoms with Crippen LogP contribution in [-0.2, 0) is 20.7 Å². The van der Waals surface area contributed by atoms with E-state index in [9.17, 15) is 4.79 Å². The number of hydrogen-bond acceptors (Lipinski definition) is 7. The zero-order chi connectivity index (χ0) is 27.6. The Kier molecular flexibility index (Phi) is 14.8. The fourth-order valence-corrected chi connectivity index (χ4v) is 3.32. The Hall–Kier alpha value is -3.81. The van der Waals surface area contributed by atoms with Crippen molar-refractivity contribution >= 4 is 5.97 Å². The third kappa shape index (κ3) is 9.99. The van der Waals surface area contributed by atoms with Gasteiger partial charge in [0.25, 0.3) is 0 Å². The largest absolute Gasteiger partial charge is 0.454 e. The summed E-state index contributed by atoms with van der Waals surface area (Å²) >= 11 is 0. The van der Waals surface area contributed by atoms with E-state index in [-0.39, 0.29) is 18.7 Å². The Morgan fingerprint density at radius 1 is 0.919 bits per heavy atom. The van der Waals surface area contributed by atoms with Crippen LogP contribution in [0.25, 0.3) is 0 Å². The molecule has 2 aromatic carbocycles. The van der Waals surface area contributed by atoms with E-state index >= 15 is 0 Å². The second kappa shape index (κ2) is 17.6. The van der Waals surface area contributed by atoms with Crippen LogP contribution in [0, 0.1) is 37.5 Å². The minimum absolute atomic E-state index is 0.0529. The van der Waals surface area contributed by atoms with E-state index in [1.807, 2.05) is 71.0 Å². The fourth-order valence-electron chi connectivity index (χ4n) is 3.32. The molecule has 5 rings (SSSR count). The first-order valence-electron chi connectivity index (χ1n) is 12.4. The van der Waals surface area contributed by atoms with Crippen LogP contribution >= 0.6 is 0 Å². The number of carbonyl (C=O) groups excluding carboxylic acids is 1. The molecule has 3 aliphatic heterocycles. The Morgan fingerprint density at radius 3 is 2.11 bits per heavy atom. The maximum atomic E-state index is 11.0. The van der Waals surface area contributed by atoms with Crippen molar-refractivity contribution in [1.29, 1.82) is 0 Å². The summed E-state index contributed by atoms with van der Waals surface area (Å²) in [7, 11) is 0. The van der Waals surface area contributed by atoms with Crippen molar-refractivity contribution in [2.75, 3.05) is 20.2 Å². The Balaban J connectivity index is 0.000000357. The molecule has 2 aromatic rings. The van der Waals surface area contributed by atoms with Gasteiger partial charge in [0.15, 0.2) is 23.0 Å². The SMILES string of the molecule is C#C.CC.CC.CC(=O)OC1OCCC1C#CCc1ccc2c(c1)OCO2.Cc1ccc2c(c1)OCO2. The molecule has 1 fully saturated rings. The maximum absolute atomic E-state index is 11.0. The second-order valence-corrected chi connectivity index (χ2v) is 7.29. The van der Waals surface area contributed by atoms with E-state index in [1.165, 1.54) is 12.5 Å². The highest BCUT2D eigenvalue weighted by Gasteiger charge is 2.29. The van der Waals surface area contributed by atoms with Crippen LogP contribution < -0.4 is 18.9 Å². The average molecular weight is 511 g/mol. The summed E-state index contributed by atoms with van der Waals surface area (Å²) in [6.45, 7) is 12.6. The minimum Gasteiger partial charge on any atom is -0.454 e. The lowest BCUT2D eigenvalue weighted by atomic mass is 10.1. The molecular weight excluding hydrogens is 472 g/mol. The molecule has 2 unspecified atom stereocenters. The first kappa shape index (κ1) is 31.2. The predicted octanol–water partition coefficient (Wildman–Crippen LogP) is 5.91. The smallest absolute Gasteiger partial charge is 0.304 e. The number of ether oxygens (including phenoxy) is 6. The van der Waals surface area contributed by atoms with Gasteiger partial charge in [-0.3, -0.25) is 4.79 Å².